The van der Waals surface area contributed by atoms with Gasteiger partial charge in [-0.3, -0.25) is 9.80 Å². The Bertz CT molecular complexity index is 1040. The molecular weight excluding hydrogens is 418 g/mol. The van der Waals surface area contributed by atoms with Gasteiger partial charge in [-0.1, -0.05) is 0 Å². The summed E-state index contributed by atoms with van der Waals surface area (Å²) in [5.41, 5.74) is 1.38. The number of benzene rings is 1. The monoisotopic (exact) mass is 449 g/mol. The van der Waals surface area contributed by atoms with Gasteiger partial charge in [0.25, 0.3) is 0 Å². The van der Waals surface area contributed by atoms with E-state index in [1.54, 1.807) is 6.33 Å². The number of carbonyl (C=O) groups is 1. The molecule has 2 aromatic rings. The molecule has 174 valence electrons. The number of hydrazone groups is 1. The molecule has 1 N–H and O–H groups in total. The third-order valence-corrected chi connectivity index (χ3v) is 7.49. The van der Waals surface area contributed by atoms with Gasteiger partial charge in [-0.15, -0.1) is 0 Å². The topological polar surface area (TPSA) is 90.1 Å². The molecule has 33 heavy (non-hydrogen) atoms. The normalized spacial score (nSPS) is 24.3. The number of aromatic nitrogens is 3. The Morgan fingerprint density at radius 2 is 1.82 bits per heavy atom. The molecule has 6 rings (SSSR count). The number of fused-ring (bicyclic) bond motifs is 1. The summed E-state index contributed by atoms with van der Waals surface area (Å²) in [7, 11) is 0. The van der Waals surface area contributed by atoms with Crippen molar-refractivity contribution in [1.82, 2.24) is 19.7 Å². The first-order chi connectivity index (χ1) is 16.1. The van der Waals surface area contributed by atoms with Gasteiger partial charge in [0.2, 0.25) is 11.9 Å². The summed E-state index contributed by atoms with van der Waals surface area (Å²) in [5.74, 6) is 1.42. The molecular formula is C24H31N7O2. The minimum absolute atomic E-state index is 0.129. The highest BCUT2D eigenvalue weighted by Gasteiger charge is 2.41. The molecule has 9 heteroatoms. The Morgan fingerprint density at radius 3 is 2.58 bits per heavy atom. The van der Waals surface area contributed by atoms with E-state index in [9.17, 15) is 9.90 Å². The Kier molecular flexibility index (Phi) is 5.09. The van der Waals surface area contributed by atoms with E-state index in [2.05, 4.69) is 44.3 Å². The number of rotatable bonds is 5. The van der Waals surface area contributed by atoms with Crippen molar-refractivity contribution in [3.8, 4) is 0 Å². The molecule has 9 nitrogen and oxygen atoms in total. The first kappa shape index (κ1) is 20.7. The summed E-state index contributed by atoms with van der Waals surface area (Å²) >= 11 is 0. The maximum Gasteiger partial charge on any atom is 0.228 e. The summed E-state index contributed by atoms with van der Waals surface area (Å²) in [6.45, 7) is 3.16. The molecule has 1 aromatic heterocycles. The van der Waals surface area contributed by atoms with E-state index < -0.39 is 5.60 Å². The van der Waals surface area contributed by atoms with E-state index >= 15 is 0 Å². The molecule has 2 fully saturated rings. The highest BCUT2D eigenvalue weighted by Crippen LogP contribution is 2.37. The van der Waals surface area contributed by atoms with Crippen molar-refractivity contribution in [3.05, 3.63) is 30.6 Å². The van der Waals surface area contributed by atoms with Crippen molar-refractivity contribution in [1.29, 1.82) is 0 Å². The number of hydrogen-bond donors (Lipinski definition) is 1. The molecule has 0 spiro atoms. The number of anilines is 3. The molecule has 1 saturated heterocycles. The lowest BCUT2D eigenvalue weighted by atomic mass is 9.84. The molecule has 3 aliphatic heterocycles. The summed E-state index contributed by atoms with van der Waals surface area (Å²) in [6, 6.07) is 8.55. The fraction of sp³-hybridized carbons (Fsp3) is 0.583. The predicted octanol–water partition coefficient (Wildman–Crippen LogP) is 2.54. The van der Waals surface area contributed by atoms with Gasteiger partial charge in [0.15, 0.2) is 0 Å². The average molecular weight is 450 g/mol. The number of likely N-dealkylation sites (tertiary alicyclic amines) is 1. The van der Waals surface area contributed by atoms with E-state index in [1.165, 1.54) is 0 Å². The van der Waals surface area contributed by atoms with Crippen molar-refractivity contribution in [2.75, 3.05) is 29.5 Å². The second-order valence-electron chi connectivity index (χ2n) is 9.86. The van der Waals surface area contributed by atoms with Crippen LogP contribution in [0.1, 0.15) is 44.9 Å². The second kappa shape index (κ2) is 8.13. The molecule has 1 saturated carbocycles. The van der Waals surface area contributed by atoms with E-state index in [0.29, 0.717) is 32.4 Å². The zero-order valence-electron chi connectivity index (χ0n) is 18.9. The van der Waals surface area contributed by atoms with Gasteiger partial charge in [0.1, 0.15) is 6.33 Å². The lowest BCUT2D eigenvalue weighted by Gasteiger charge is -2.40. The minimum Gasteiger partial charge on any atom is -0.390 e. The maximum atomic E-state index is 12.4. The average Bonchev–Trinajstić information content (AvgIpc) is 3.40. The first-order valence-electron chi connectivity index (χ1n) is 12.2. The Hall–Kier alpha value is -2.94. The van der Waals surface area contributed by atoms with E-state index in [-0.39, 0.29) is 17.9 Å². The number of carbonyl (C=O) groups excluding carboxylic acids is 1. The fourth-order valence-electron chi connectivity index (χ4n) is 5.41. The second-order valence-corrected chi connectivity index (χ2v) is 9.86. The lowest BCUT2D eigenvalue weighted by Crippen LogP contribution is -2.49. The number of hydrogen-bond acceptors (Lipinski definition) is 7. The van der Waals surface area contributed by atoms with Crippen LogP contribution in [0.5, 0.6) is 0 Å². The summed E-state index contributed by atoms with van der Waals surface area (Å²) < 4.78 is 1.95. The molecule has 0 radical (unpaired) electrons. The SMILES string of the molecule is O=C(C1CC1)N1CCC(O)(CC2CC=NN2c2ccc(N3CCCn4ncnc43)cc2)CC1. The Morgan fingerprint density at radius 1 is 1.06 bits per heavy atom. The van der Waals surface area contributed by atoms with Crippen LogP contribution in [0.15, 0.2) is 35.7 Å². The third-order valence-electron chi connectivity index (χ3n) is 7.49. The van der Waals surface area contributed by atoms with Gasteiger partial charge in [-0.05, 0) is 62.8 Å². The standard InChI is InChI=1S/C24H31N7O2/c32-22(18-2-3-18)28-14-9-24(33,10-15-28)16-21-8-11-26-31(21)20-6-4-19(5-7-20)29-12-1-13-30-23(29)25-17-27-30/h4-7,11,17-18,21,33H,1-3,8-10,12-16H2. The number of aryl methyl sites for hydroxylation is 1. The van der Waals surface area contributed by atoms with Crippen molar-refractivity contribution >= 4 is 29.4 Å². The van der Waals surface area contributed by atoms with Crippen LogP contribution in [0.2, 0.25) is 0 Å². The highest BCUT2D eigenvalue weighted by atomic mass is 16.3. The first-order valence-corrected chi connectivity index (χ1v) is 12.2. The smallest absolute Gasteiger partial charge is 0.228 e. The molecule has 1 amide bonds. The molecule has 1 aromatic carbocycles. The van der Waals surface area contributed by atoms with Crippen molar-refractivity contribution in [2.45, 2.75) is 63.1 Å². The van der Waals surface area contributed by atoms with Crippen LogP contribution in [-0.4, -0.2) is 68.2 Å². The van der Waals surface area contributed by atoms with Gasteiger partial charge in [-0.25, -0.2) is 4.68 Å². The minimum atomic E-state index is -0.741. The van der Waals surface area contributed by atoms with E-state index in [0.717, 1.165) is 56.1 Å². The molecule has 0 bridgehead atoms. The molecule has 1 aliphatic carbocycles. The fourth-order valence-corrected chi connectivity index (χ4v) is 5.41. The maximum absolute atomic E-state index is 12.4. The molecule has 4 aliphatic rings. The van der Waals surface area contributed by atoms with Crippen LogP contribution in [0.25, 0.3) is 0 Å². The van der Waals surface area contributed by atoms with Gasteiger partial charge < -0.3 is 14.9 Å². The molecule has 1 atom stereocenters. The van der Waals surface area contributed by atoms with Crippen LogP contribution in [0, 0.1) is 5.92 Å². The van der Waals surface area contributed by atoms with Crippen LogP contribution in [0.4, 0.5) is 17.3 Å². The van der Waals surface area contributed by atoms with Crippen molar-refractivity contribution in [3.63, 3.8) is 0 Å². The van der Waals surface area contributed by atoms with Gasteiger partial charge in [-0.2, -0.15) is 15.2 Å². The highest BCUT2D eigenvalue weighted by molar-refractivity contribution is 5.81. The third kappa shape index (κ3) is 3.99. The summed E-state index contributed by atoms with van der Waals surface area (Å²) in [4.78, 5) is 20.9. The van der Waals surface area contributed by atoms with Crippen LogP contribution >= 0.6 is 0 Å². The van der Waals surface area contributed by atoms with Gasteiger partial charge in [0.05, 0.1) is 17.3 Å². The van der Waals surface area contributed by atoms with Crippen LogP contribution in [0.3, 0.4) is 0 Å². The number of piperidine rings is 1. The van der Waals surface area contributed by atoms with Crippen molar-refractivity contribution in [2.24, 2.45) is 11.0 Å². The number of amides is 1. The number of aliphatic hydroxyl groups is 1. The predicted molar refractivity (Wildman–Crippen MR) is 126 cm³/mol. The van der Waals surface area contributed by atoms with Crippen molar-refractivity contribution < 1.29 is 9.90 Å². The van der Waals surface area contributed by atoms with E-state index in [4.69, 9.17) is 0 Å². The van der Waals surface area contributed by atoms with Gasteiger partial charge >= 0.3 is 0 Å². The Balaban J connectivity index is 1.11. The van der Waals surface area contributed by atoms with Gasteiger partial charge in [0, 0.05) is 50.4 Å². The zero-order chi connectivity index (χ0) is 22.4. The quantitative estimate of drug-likeness (QED) is 0.755. The van der Waals surface area contributed by atoms with Crippen LogP contribution in [-0.2, 0) is 11.3 Å². The zero-order valence-corrected chi connectivity index (χ0v) is 18.9. The molecule has 1 unspecified atom stereocenters. The molecule has 4 heterocycles. The summed E-state index contributed by atoms with van der Waals surface area (Å²) in [5, 5.41) is 22.3. The van der Waals surface area contributed by atoms with E-state index in [1.807, 2.05) is 20.8 Å². The number of nitrogens with zero attached hydrogens (tertiary/aromatic N) is 7. The lowest BCUT2D eigenvalue weighted by molar-refractivity contribution is -0.137. The van der Waals surface area contributed by atoms with Crippen LogP contribution < -0.4 is 9.91 Å². The Labute approximate surface area is 193 Å². The summed E-state index contributed by atoms with van der Waals surface area (Å²) in [6.07, 6.45) is 9.44. The largest absolute Gasteiger partial charge is 0.390 e.